The zero-order valence-corrected chi connectivity index (χ0v) is 30.6. The zero-order chi connectivity index (χ0) is 38.8. The van der Waals surface area contributed by atoms with E-state index in [1.165, 1.54) is 9.13 Å². The number of fused-ring (bicyclic) bond motifs is 4. The summed E-state index contributed by atoms with van der Waals surface area (Å²) in [5.74, 6) is -1.81. The number of aromatic nitrogens is 4. The van der Waals surface area contributed by atoms with Gasteiger partial charge >= 0.3 is 12.4 Å². The quantitative estimate of drug-likeness (QED) is 0.166. The fourth-order valence-electron chi connectivity index (χ4n) is 6.76. The maximum atomic E-state index is 13.8. The standard InChI is InChI=1S/2C22H19F3N2/c2*1-21(2,3)15-11-12-17-19(13-15)27(20(26-17)22(23,24)25)18-10-6-8-14-7-4-5-9-16(14)18/h2*4-13H,1-3H3. The van der Waals surface area contributed by atoms with E-state index in [0.29, 0.717) is 33.4 Å². The van der Waals surface area contributed by atoms with Gasteiger partial charge in [-0.2, -0.15) is 26.3 Å². The van der Waals surface area contributed by atoms with E-state index < -0.39 is 24.0 Å². The zero-order valence-electron chi connectivity index (χ0n) is 30.6. The number of imidazole rings is 2. The summed E-state index contributed by atoms with van der Waals surface area (Å²) >= 11 is 0. The molecule has 0 aliphatic carbocycles. The first-order chi connectivity index (χ1) is 25.3. The average Bonchev–Trinajstić information content (AvgIpc) is 3.70. The lowest BCUT2D eigenvalue weighted by atomic mass is 9.87. The lowest BCUT2D eigenvalue weighted by molar-refractivity contribution is -0.146. The van der Waals surface area contributed by atoms with Crippen LogP contribution in [0.3, 0.4) is 0 Å². The van der Waals surface area contributed by atoms with Gasteiger partial charge in [0.15, 0.2) is 0 Å². The molecule has 0 spiro atoms. The van der Waals surface area contributed by atoms with Crippen LogP contribution in [-0.2, 0) is 23.2 Å². The van der Waals surface area contributed by atoms with E-state index in [4.69, 9.17) is 0 Å². The van der Waals surface area contributed by atoms with Crippen molar-refractivity contribution in [3.8, 4) is 11.4 Å². The molecule has 0 aliphatic heterocycles. The van der Waals surface area contributed by atoms with Crippen molar-refractivity contribution in [2.45, 2.75) is 64.7 Å². The maximum absolute atomic E-state index is 13.8. The van der Waals surface area contributed by atoms with Crippen LogP contribution in [0, 0.1) is 0 Å². The number of alkyl halides is 6. The maximum Gasteiger partial charge on any atom is 0.450 e. The molecule has 8 rings (SSSR count). The molecule has 54 heavy (non-hydrogen) atoms. The van der Waals surface area contributed by atoms with Gasteiger partial charge in [-0.05, 0) is 69.1 Å². The van der Waals surface area contributed by atoms with Crippen LogP contribution >= 0.6 is 0 Å². The van der Waals surface area contributed by atoms with Gasteiger partial charge in [-0.15, -0.1) is 0 Å². The van der Waals surface area contributed by atoms with Gasteiger partial charge in [0, 0.05) is 10.8 Å². The molecule has 8 aromatic rings. The van der Waals surface area contributed by atoms with E-state index in [1.807, 2.05) is 126 Å². The van der Waals surface area contributed by atoms with Gasteiger partial charge in [0.05, 0.1) is 33.4 Å². The van der Waals surface area contributed by atoms with Crippen LogP contribution in [0.1, 0.15) is 64.3 Å². The third-order valence-electron chi connectivity index (χ3n) is 9.56. The molecule has 0 atom stereocenters. The van der Waals surface area contributed by atoms with Gasteiger partial charge in [-0.3, -0.25) is 9.13 Å². The van der Waals surface area contributed by atoms with Crippen molar-refractivity contribution >= 4 is 43.6 Å². The van der Waals surface area contributed by atoms with Gasteiger partial charge < -0.3 is 0 Å². The second kappa shape index (κ2) is 13.0. The lowest BCUT2D eigenvalue weighted by Gasteiger charge is -2.19. The number of hydrogen-bond acceptors (Lipinski definition) is 2. The summed E-state index contributed by atoms with van der Waals surface area (Å²) in [7, 11) is 0. The first kappa shape index (κ1) is 36.7. The van der Waals surface area contributed by atoms with Crippen LogP contribution < -0.4 is 0 Å². The molecule has 0 saturated carbocycles. The molecule has 0 saturated heterocycles. The molecular weight excluding hydrogens is 698 g/mol. The summed E-state index contributed by atoms with van der Waals surface area (Å²) in [6, 6.07) is 36.3. The van der Waals surface area contributed by atoms with E-state index in [-0.39, 0.29) is 10.8 Å². The highest BCUT2D eigenvalue weighted by atomic mass is 19.4. The summed E-state index contributed by atoms with van der Waals surface area (Å²) < 4.78 is 85.4. The first-order valence-electron chi connectivity index (χ1n) is 17.5. The molecule has 0 bridgehead atoms. The van der Waals surface area contributed by atoms with Crippen molar-refractivity contribution in [1.82, 2.24) is 19.1 Å². The van der Waals surface area contributed by atoms with Crippen LogP contribution in [0.5, 0.6) is 0 Å². The third-order valence-corrected chi connectivity index (χ3v) is 9.56. The highest BCUT2D eigenvalue weighted by molar-refractivity contribution is 5.94. The summed E-state index contributed by atoms with van der Waals surface area (Å²) in [6.07, 6.45) is -9.12. The van der Waals surface area contributed by atoms with E-state index in [2.05, 4.69) is 9.97 Å². The largest absolute Gasteiger partial charge is 0.450 e. The monoisotopic (exact) mass is 736 g/mol. The Morgan fingerprint density at radius 3 is 1.13 bits per heavy atom. The van der Waals surface area contributed by atoms with Gasteiger partial charge in [0.1, 0.15) is 0 Å². The molecule has 10 heteroatoms. The molecule has 0 amide bonds. The van der Waals surface area contributed by atoms with Crippen LogP contribution in [0.25, 0.3) is 55.0 Å². The molecule has 0 radical (unpaired) electrons. The molecule has 0 aliphatic rings. The molecule has 4 nitrogen and oxygen atoms in total. The number of rotatable bonds is 2. The molecule has 6 aromatic carbocycles. The average molecular weight is 737 g/mol. The smallest absolute Gasteiger partial charge is 0.288 e. The third kappa shape index (κ3) is 6.81. The van der Waals surface area contributed by atoms with Crippen LogP contribution in [0.2, 0.25) is 0 Å². The van der Waals surface area contributed by atoms with Crippen molar-refractivity contribution < 1.29 is 26.3 Å². The Morgan fingerprint density at radius 2 is 0.778 bits per heavy atom. The van der Waals surface area contributed by atoms with Crippen molar-refractivity contribution in [3.63, 3.8) is 0 Å². The fourth-order valence-corrected chi connectivity index (χ4v) is 6.76. The SMILES string of the molecule is CC(C)(C)c1ccc2nc(C(F)(F)F)n(-c3cccc4ccccc34)c2c1.CC(C)(C)c1ccc2nc(C(F)(F)F)n(-c3cccc4ccccc34)c2c1. The minimum Gasteiger partial charge on any atom is -0.288 e. The Balaban J connectivity index is 0.000000167. The lowest BCUT2D eigenvalue weighted by Crippen LogP contribution is -2.14. The Bertz CT molecular complexity index is 2470. The van der Waals surface area contributed by atoms with Crippen molar-refractivity contribution in [1.29, 1.82) is 0 Å². The molecular formula is C44H38F6N4. The molecule has 0 fully saturated rings. The van der Waals surface area contributed by atoms with Gasteiger partial charge in [0.25, 0.3) is 0 Å². The number of nitrogens with zero attached hydrogens (tertiary/aromatic N) is 4. The second-order valence-corrected chi connectivity index (χ2v) is 15.4. The van der Waals surface area contributed by atoms with E-state index in [0.717, 1.165) is 32.7 Å². The Kier molecular flexibility index (Phi) is 8.86. The van der Waals surface area contributed by atoms with Crippen molar-refractivity contribution in [2.75, 3.05) is 0 Å². The predicted molar refractivity (Wildman–Crippen MR) is 205 cm³/mol. The molecule has 0 unspecified atom stereocenters. The minimum atomic E-state index is -4.56. The highest BCUT2D eigenvalue weighted by Crippen LogP contribution is 2.39. The molecule has 2 heterocycles. The van der Waals surface area contributed by atoms with Crippen molar-refractivity contribution in [3.05, 3.63) is 144 Å². The summed E-state index contributed by atoms with van der Waals surface area (Å²) in [5.41, 5.74) is 4.13. The molecule has 276 valence electrons. The topological polar surface area (TPSA) is 35.6 Å². The summed E-state index contributed by atoms with van der Waals surface area (Å²) in [4.78, 5) is 7.86. The van der Waals surface area contributed by atoms with Crippen molar-refractivity contribution in [2.24, 2.45) is 0 Å². The minimum absolute atomic E-state index is 0.180. The molecule has 0 N–H and O–H groups in total. The second-order valence-electron chi connectivity index (χ2n) is 15.4. The number of hydrogen-bond donors (Lipinski definition) is 0. The van der Waals surface area contributed by atoms with Gasteiger partial charge in [-0.25, -0.2) is 9.97 Å². The van der Waals surface area contributed by atoms with Crippen LogP contribution in [-0.4, -0.2) is 19.1 Å². The number of halogens is 6. The van der Waals surface area contributed by atoms with Crippen LogP contribution in [0.4, 0.5) is 26.3 Å². The fraction of sp³-hybridized carbons (Fsp3) is 0.227. The van der Waals surface area contributed by atoms with E-state index in [1.54, 1.807) is 36.4 Å². The highest BCUT2D eigenvalue weighted by Gasteiger charge is 2.40. The summed E-state index contributed by atoms with van der Waals surface area (Å²) in [6.45, 7) is 12.2. The predicted octanol–water partition coefficient (Wildman–Crippen LogP) is 13.0. The van der Waals surface area contributed by atoms with Gasteiger partial charge in [-0.1, -0.05) is 126 Å². The van der Waals surface area contributed by atoms with Crippen LogP contribution in [0.15, 0.2) is 121 Å². The Morgan fingerprint density at radius 1 is 0.426 bits per heavy atom. The molecule has 2 aromatic heterocycles. The van der Waals surface area contributed by atoms with E-state index in [9.17, 15) is 26.3 Å². The first-order valence-corrected chi connectivity index (χ1v) is 17.5. The van der Waals surface area contributed by atoms with Gasteiger partial charge in [0.2, 0.25) is 11.6 Å². The normalized spacial score (nSPS) is 12.8. The Hall–Kier alpha value is -5.64. The number of benzene rings is 6. The Labute approximate surface area is 308 Å². The van der Waals surface area contributed by atoms with E-state index >= 15 is 0 Å². The summed E-state index contributed by atoms with van der Waals surface area (Å²) in [5, 5.41) is 3.28.